The number of amides is 1. The Morgan fingerprint density at radius 1 is 1.18 bits per heavy atom. The Balaban J connectivity index is 1.64. The van der Waals surface area contributed by atoms with Crippen LogP contribution >= 0.6 is 0 Å². The van der Waals surface area contributed by atoms with Crippen molar-refractivity contribution in [3.05, 3.63) is 52.1 Å². The molecule has 9 nitrogen and oxygen atoms in total. The molecule has 2 aromatic rings. The zero-order valence-corrected chi connectivity index (χ0v) is 23.2. The zero-order valence-electron chi connectivity index (χ0n) is 23.2. The fraction of sp³-hybridized carbons (Fsp3) is 0.483. The number of hydrogen-bond acceptors (Lipinski definition) is 7. The molecule has 2 aliphatic heterocycles. The van der Waals surface area contributed by atoms with Gasteiger partial charge in [-0.25, -0.2) is 0 Å². The van der Waals surface area contributed by atoms with E-state index in [1.54, 1.807) is 25.1 Å². The highest BCUT2D eigenvalue weighted by atomic mass is 16.5. The lowest BCUT2D eigenvalue weighted by atomic mass is 9.95. The predicted octanol–water partition coefficient (Wildman–Crippen LogP) is 3.23. The molecular weight excluding hydrogens is 482 g/mol. The fourth-order valence-electron chi connectivity index (χ4n) is 5.31. The number of carbonyl (C=O) groups is 2. The maximum Gasteiger partial charge on any atom is 0.253 e. The standard InChI is InChI=1S/C29H39N5O4/c1-17(2)21-11-18(12-25(27(21)38-6)33-9-7-20(35)8-10-33)26(36)16-34-15-19-13-24(32(4)5)23(29(37)31-3)14-22(19)28(34)30/h11-14,17,20,30,35H,7-10,15-16H2,1-6H3,(H,31,37). The third-order valence-corrected chi connectivity index (χ3v) is 7.49. The molecule has 204 valence electrons. The Hall–Kier alpha value is -3.59. The van der Waals surface area contributed by atoms with Gasteiger partial charge < -0.3 is 29.9 Å². The molecule has 0 aromatic heterocycles. The van der Waals surface area contributed by atoms with E-state index >= 15 is 0 Å². The molecular formula is C29H39N5O4. The van der Waals surface area contributed by atoms with E-state index in [0.717, 1.165) is 28.3 Å². The monoisotopic (exact) mass is 521 g/mol. The normalized spacial score (nSPS) is 15.6. The maximum atomic E-state index is 13.6. The first kappa shape index (κ1) is 27.4. The number of amidine groups is 1. The van der Waals surface area contributed by atoms with Crippen molar-refractivity contribution in [1.29, 1.82) is 5.41 Å². The SMILES string of the molecule is CNC(=O)c1cc2c(cc1N(C)C)CN(CC(=O)c1cc(C(C)C)c(OC)c(N3CCC(O)CC3)c1)C2=N. The van der Waals surface area contributed by atoms with E-state index in [2.05, 4.69) is 24.1 Å². The Labute approximate surface area is 224 Å². The van der Waals surface area contributed by atoms with Crippen LogP contribution in [0.3, 0.4) is 0 Å². The van der Waals surface area contributed by atoms with Crippen LogP contribution in [0.4, 0.5) is 11.4 Å². The topological polar surface area (TPSA) is 109 Å². The number of aliphatic hydroxyl groups excluding tert-OH is 1. The summed E-state index contributed by atoms with van der Waals surface area (Å²) < 4.78 is 5.82. The van der Waals surface area contributed by atoms with Crippen molar-refractivity contribution in [3.8, 4) is 5.75 Å². The molecule has 0 atom stereocenters. The van der Waals surface area contributed by atoms with Gasteiger partial charge in [0, 0.05) is 57.6 Å². The van der Waals surface area contributed by atoms with Crippen LogP contribution in [0.25, 0.3) is 0 Å². The fourth-order valence-corrected chi connectivity index (χ4v) is 5.31. The number of fused-ring (bicyclic) bond motifs is 1. The molecule has 9 heteroatoms. The van der Waals surface area contributed by atoms with E-state index in [4.69, 9.17) is 10.1 Å². The van der Waals surface area contributed by atoms with Gasteiger partial charge in [0.1, 0.15) is 11.6 Å². The van der Waals surface area contributed by atoms with E-state index in [0.29, 0.717) is 49.2 Å². The minimum absolute atomic E-state index is 0.0577. The van der Waals surface area contributed by atoms with E-state index in [-0.39, 0.29) is 36.1 Å². The van der Waals surface area contributed by atoms with Crippen LogP contribution < -0.4 is 19.9 Å². The number of carbonyl (C=O) groups excluding carboxylic acids is 2. The number of nitrogens with one attached hydrogen (secondary N) is 2. The van der Waals surface area contributed by atoms with E-state index in [9.17, 15) is 14.7 Å². The molecule has 1 saturated heterocycles. The van der Waals surface area contributed by atoms with E-state index < -0.39 is 0 Å². The van der Waals surface area contributed by atoms with Crippen molar-refractivity contribution in [2.45, 2.75) is 45.3 Å². The number of rotatable bonds is 8. The second-order valence-electron chi connectivity index (χ2n) is 10.6. The second kappa shape index (κ2) is 11.0. The molecule has 0 radical (unpaired) electrons. The van der Waals surface area contributed by atoms with Gasteiger partial charge in [-0.1, -0.05) is 13.8 Å². The minimum Gasteiger partial charge on any atom is -0.494 e. The van der Waals surface area contributed by atoms with E-state index in [1.807, 2.05) is 37.2 Å². The summed E-state index contributed by atoms with van der Waals surface area (Å²) in [5.74, 6) is 0.869. The van der Waals surface area contributed by atoms with Gasteiger partial charge in [0.25, 0.3) is 5.91 Å². The van der Waals surface area contributed by atoms with Crippen LogP contribution in [0, 0.1) is 5.41 Å². The van der Waals surface area contributed by atoms with Crippen LogP contribution in [0.5, 0.6) is 5.75 Å². The molecule has 0 unspecified atom stereocenters. The van der Waals surface area contributed by atoms with Crippen LogP contribution in [0.15, 0.2) is 24.3 Å². The summed E-state index contributed by atoms with van der Waals surface area (Å²) in [4.78, 5) is 32.0. The third-order valence-electron chi connectivity index (χ3n) is 7.49. The van der Waals surface area contributed by atoms with Gasteiger partial charge >= 0.3 is 0 Å². The quantitative estimate of drug-likeness (QED) is 0.458. The molecule has 1 fully saturated rings. The van der Waals surface area contributed by atoms with Crippen molar-refractivity contribution in [2.75, 3.05) is 57.7 Å². The molecule has 0 saturated carbocycles. The smallest absolute Gasteiger partial charge is 0.253 e. The average Bonchev–Trinajstić information content (AvgIpc) is 3.20. The van der Waals surface area contributed by atoms with Crippen molar-refractivity contribution in [3.63, 3.8) is 0 Å². The number of benzene rings is 2. The van der Waals surface area contributed by atoms with Crippen LogP contribution in [0.2, 0.25) is 0 Å². The highest BCUT2D eigenvalue weighted by Crippen LogP contribution is 2.39. The van der Waals surface area contributed by atoms with Gasteiger partial charge in [-0.15, -0.1) is 0 Å². The number of hydrogen-bond donors (Lipinski definition) is 3. The Morgan fingerprint density at radius 2 is 1.87 bits per heavy atom. The largest absolute Gasteiger partial charge is 0.494 e. The number of piperidine rings is 1. The molecule has 2 heterocycles. The van der Waals surface area contributed by atoms with Crippen molar-refractivity contribution in [2.24, 2.45) is 0 Å². The maximum absolute atomic E-state index is 13.6. The molecule has 0 bridgehead atoms. The summed E-state index contributed by atoms with van der Waals surface area (Å²) in [6.07, 6.45) is 1.05. The summed E-state index contributed by atoms with van der Waals surface area (Å²) >= 11 is 0. The van der Waals surface area contributed by atoms with Gasteiger partial charge in [-0.2, -0.15) is 0 Å². The van der Waals surface area contributed by atoms with Gasteiger partial charge in [-0.3, -0.25) is 15.0 Å². The van der Waals surface area contributed by atoms with E-state index in [1.165, 1.54) is 0 Å². The van der Waals surface area contributed by atoms with Gasteiger partial charge in [0.2, 0.25) is 0 Å². The van der Waals surface area contributed by atoms with Gasteiger partial charge in [0.15, 0.2) is 5.78 Å². The molecule has 2 aromatic carbocycles. The first-order chi connectivity index (χ1) is 18.0. The number of aliphatic hydroxyl groups is 1. The lowest BCUT2D eigenvalue weighted by molar-refractivity contribution is 0.0955. The average molecular weight is 522 g/mol. The number of anilines is 2. The molecule has 4 rings (SSSR count). The number of Topliss-reactive ketones (excluding diaryl/α,β-unsaturated/α-hetero) is 1. The summed E-state index contributed by atoms with van der Waals surface area (Å²) in [7, 11) is 7.01. The lowest BCUT2D eigenvalue weighted by Crippen LogP contribution is -2.36. The number of ketones is 1. The highest BCUT2D eigenvalue weighted by Gasteiger charge is 2.30. The van der Waals surface area contributed by atoms with Crippen LogP contribution in [-0.4, -0.2) is 81.5 Å². The van der Waals surface area contributed by atoms with Gasteiger partial charge in [-0.05, 0) is 54.2 Å². The summed E-state index contributed by atoms with van der Waals surface area (Å²) in [6, 6.07) is 7.50. The first-order valence-electron chi connectivity index (χ1n) is 13.1. The number of methoxy groups -OCH3 is 1. The Morgan fingerprint density at radius 3 is 2.45 bits per heavy atom. The lowest BCUT2D eigenvalue weighted by Gasteiger charge is -2.33. The summed E-state index contributed by atoms with van der Waals surface area (Å²) in [6.45, 7) is 6.03. The van der Waals surface area contributed by atoms with Crippen molar-refractivity contribution >= 4 is 28.9 Å². The third kappa shape index (κ3) is 5.20. The minimum atomic E-state index is -0.300. The van der Waals surface area contributed by atoms with Crippen LogP contribution in [0.1, 0.15) is 70.0 Å². The number of ether oxygens (including phenoxy) is 1. The Bertz CT molecular complexity index is 1250. The molecule has 2 aliphatic rings. The van der Waals surface area contributed by atoms with Gasteiger partial charge in [0.05, 0.1) is 31.0 Å². The summed E-state index contributed by atoms with van der Waals surface area (Å²) in [5.41, 5.74) is 5.29. The van der Waals surface area contributed by atoms with Crippen LogP contribution in [-0.2, 0) is 6.54 Å². The number of nitrogens with zero attached hydrogens (tertiary/aromatic N) is 3. The predicted molar refractivity (Wildman–Crippen MR) is 150 cm³/mol. The second-order valence-corrected chi connectivity index (χ2v) is 10.6. The first-order valence-corrected chi connectivity index (χ1v) is 13.1. The Kier molecular flexibility index (Phi) is 7.97. The molecule has 0 aliphatic carbocycles. The molecule has 0 spiro atoms. The molecule has 38 heavy (non-hydrogen) atoms. The zero-order chi connectivity index (χ0) is 27.7. The molecule has 3 N–H and O–H groups in total. The van der Waals surface area contributed by atoms with Crippen molar-refractivity contribution < 1.29 is 19.4 Å². The highest BCUT2D eigenvalue weighted by molar-refractivity contribution is 6.08. The van der Waals surface area contributed by atoms with Crippen molar-refractivity contribution in [1.82, 2.24) is 10.2 Å². The molecule has 1 amide bonds. The summed E-state index contributed by atoms with van der Waals surface area (Å²) in [5, 5.41) is 21.5.